The molecule has 0 aliphatic carbocycles. The molecule has 146 valence electrons. The molecule has 0 spiro atoms. The zero-order valence-electron chi connectivity index (χ0n) is 15.8. The van der Waals surface area contributed by atoms with Gasteiger partial charge in [-0.3, -0.25) is 9.59 Å². The lowest BCUT2D eigenvalue weighted by Crippen LogP contribution is -2.41. The van der Waals surface area contributed by atoms with Crippen molar-refractivity contribution in [1.29, 1.82) is 5.26 Å². The van der Waals surface area contributed by atoms with Crippen LogP contribution in [0.4, 0.5) is 0 Å². The molecule has 1 aliphatic rings. The van der Waals surface area contributed by atoms with Gasteiger partial charge in [-0.2, -0.15) is 5.26 Å². The normalized spacial score (nSPS) is 15.7. The average molecular weight is 367 g/mol. The fourth-order valence-corrected chi connectivity index (χ4v) is 2.69. The Morgan fingerprint density at radius 2 is 1.81 bits per heavy atom. The van der Waals surface area contributed by atoms with Crippen LogP contribution in [0.25, 0.3) is 0 Å². The molecular weight excluding hydrogens is 338 g/mol. The van der Waals surface area contributed by atoms with Crippen molar-refractivity contribution in [1.82, 2.24) is 10.2 Å². The fourth-order valence-electron chi connectivity index (χ4n) is 2.69. The van der Waals surface area contributed by atoms with Crippen LogP contribution < -0.4 is 5.32 Å². The van der Waals surface area contributed by atoms with Crippen LogP contribution in [0.5, 0.6) is 0 Å². The molecule has 1 rings (SSSR count). The monoisotopic (exact) mass is 367 g/mol. The van der Waals surface area contributed by atoms with Gasteiger partial charge < -0.3 is 24.4 Å². The van der Waals surface area contributed by atoms with E-state index in [1.165, 1.54) is 6.20 Å². The molecule has 0 aromatic rings. The van der Waals surface area contributed by atoms with Gasteiger partial charge in [-0.1, -0.05) is 0 Å². The Hall–Kier alpha value is -2.11. The Morgan fingerprint density at radius 3 is 2.31 bits per heavy atom. The van der Waals surface area contributed by atoms with Gasteiger partial charge in [0.25, 0.3) is 5.91 Å². The lowest BCUT2D eigenvalue weighted by molar-refractivity contribution is -0.150. The standard InChI is InChI=1S/C18H29N3O5/c1-4-24-16(25-5-2)13-20-12-15(11-19)17(22)21-9-7-14(8-10-21)18(23)26-6-3/h12,14,16,20H,4-10,13H2,1-3H3/b15-12-. The van der Waals surface area contributed by atoms with Crippen molar-refractivity contribution < 1.29 is 23.8 Å². The minimum atomic E-state index is -0.434. The molecule has 0 atom stereocenters. The van der Waals surface area contributed by atoms with Crippen LogP contribution in [0.2, 0.25) is 0 Å². The molecule has 0 unspecified atom stereocenters. The van der Waals surface area contributed by atoms with Crippen molar-refractivity contribution in [2.45, 2.75) is 39.9 Å². The summed E-state index contributed by atoms with van der Waals surface area (Å²) in [6.07, 6.45) is 2.06. The molecule has 0 bridgehead atoms. The summed E-state index contributed by atoms with van der Waals surface area (Å²) in [5.74, 6) is -0.730. The summed E-state index contributed by atoms with van der Waals surface area (Å²) in [4.78, 5) is 25.8. The van der Waals surface area contributed by atoms with Crippen molar-refractivity contribution >= 4 is 11.9 Å². The molecule has 26 heavy (non-hydrogen) atoms. The van der Waals surface area contributed by atoms with Crippen molar-refractivity contribution in [2.24, 2.45) is 5.92 Å². The number of piperidine rings is 1. The number of ether oxygens (including phenoxy) is 3. The van der Waals surface area contributed by atoms with Gasteiger partial charge in [0.1, 0.15) is 11.6 Å². The van der Waals surface area contributed by atoms with Crippen molar-refractivity contribution in [2.75, 3.05) is 39.5 Å². The first-order chi connectivity index (χ1) is 12.6. The Morgan fingerprint density at radius 1 is 1.19 bits per heavy atom. The van der Waals surface area contributed by atoms with Gasteiger partial charge >= 0.3 is 5.97 Å². The van der Waals surface area contributed by atoms with Gasteiger partial charge in [0.05, 0.1) is 19.1 Å². The molecule has 0 saturated carbocycles. The number of nitrogens with one attached hydrogen (secondary N) is 1. The van der Waals surface area contributed by atoms with Crippen molar-refractivity contribution in [3.05, 3.63) is 11.8 Å². The van der Waals surface area contributed by atoms with E-state index in [0.29, 0.717) is 52.3 Å². The summed E-state index contributed by atoms with van der Waals surface area (Å²) in [6, 6.07) is 1.93. The van der Waals surface area contributed by atoms with E-state index in [4.69, 9.17) is 14.2 Å². The third kappa shape index (κ3) is 7.02. The summed E-state index contributed by atoms with van der Waals surface area (Å²) in [6.45, 7) is 8.09. The highest BCUT2D eigenvalue weighted by atomic mass is 16.7. The Labute approximate surface area is 155 Å². The highest BCUT2D eigenvalue weighted by Gasteiger charge is 2.29. The second-order valence-corrected chi connectivity index (χ2v) is 5.74. The van der Waals surface area contributed by atoms with Gasteiger partial charge in [-0.25, -0.2) is 0 Å². The van der Waals surface area contributed by atoms with Gasteiger partial charge in [0.15, 0.2) is 6.29 Å². The number of hydrogen-bond donors (Lipinski definition) is 1. The van der Waals surface area contributed by atoms with E-state index >= 15 is 0 Å². The van der Waals surface area contributed by atoms with Gasteiger partial charge in [-0.05, 0) is 33.6 Å². The first-order valence-electron chi connectivity index (χ1n) is 9.10. The number of esters is 1. The SMILES string of the molecule is CCOC(=O)C1CCN(C(=O)/C(C#N)=C\NCC(OCC)OCC)CC1. The molecular formula is C18H29N3O5. The molecule has 1 N–H and O–H groups in total. The smallest absolute Gasteiger partial charge is 0.309 e. The summed E-state index contributed by atoms with van der Waals surface area (Å²) >= 11 is 0. The number of carbonyl (C=O) groups is 2. The second kappa shape index (κ2) is 12.3. The largest absolute Gasteiger partial charge is 0.466 e. The number of amides is 1. The van der Waals surface area contributed by atoms with Crippen molar-refractivity contribution in [3.8, 4) is 6.07 Å². The first kappa shape index (κ1) is 21.9. The van der Waals surface area contributed by atoms with Crippen LogP contribution in [0, 0.1) is 17.2 Å². The van der Waals surface area contributed by atoms with Crippen LogP contribution in [0.15, 0.2) is 11.8 Å². The highest BCUT2D eigenvalue weighted by Crippen LogP contribution is 2.20. The van der Waals surface area contributed by atoms with Crippen LogP contribution in [0.1, 0.15) is 33.6 Å². The molecule has 1 saturated heterocycles. The maximum atomic E-state index is 12.5. The quantitative estimate of drug-likeness (QED) is 0.268. The second-order valence-electron chi connectivity index (χ2n) is 5.74. The summed E-state index contributed by atoms with van der Waals surface area (Å²) in [7, 11) is 0. The lowest BCUT2D eigenvalue weighted by atomic mass is 9.96. The predicted molar refractivity (Wildman–Crippen MR) is 94.7 cm³/mol. The maximum absolute atomic E-state index is 12.5. The molecule has 0 aromatic heterocycles. The van der Waals surface area contributed by atoms with Crippen molar-refractivity contribution in [3.63, 3.8) is 0 Å². The maximum Gasteiger partial charge on any atom is 0.309 e. The molecule has 8 nitrogen and oxygen atoms in total. The van der Waals surface area contributed by atoms with Crippen LogP contribution in [-0.4, -0.2) is 62.5 Å². The number of likely N-dealkylation sites (tertiary alicyclic amines) is 1. The van der Waals surface area contributed by atoms with Crippen LogP contribution >= 0.6 is 0 Å². The van der Waals surface area contributed by atoms with E-state index in [-0.39, 0.29) is 23.4 Å². The number of hydrogen-bond acceptors (Lipinski definition) is 7. The summed E-state index contributed by atoms with van der Waals surface area (Å²) < 4.78 is 15.8. The molecule has 1 amide bonds. The van der Waals surface area contributed by atoms with Crippen LogP contribution in [0.3, 0.4) is 0 Å². The van der Waals surface area contributed by atoms with E-state index in [2.05, 4.69) is 5.32 Å². The minimum Gasteiger partial charge on any atom is -0.466 e. The van der Waals surface area contributed by atoms with E-state index < -0.39 is 6.29 Å². The summed E-state index contributed by atoms with van der Waals surface area (Å²) in [5.41, 5.74) is 0.0198. The van der Waals surface area contributed by atoms with Gasteiger partial charge in [-0.15, -0.1) is 0 Å². The third-order valence-corrected chi connectivity index (χ3v) is 3.99. The molecule has 0 radical (unpaired) electrons. The number of nitrogens with zero attached hydrogens (tertiary/aromatic N) is 2. The number of carbonyl (C=O) groups excluding carboxylic acids is 2. The third-order valence-electron chi connectivity index (χ3n) is 3.99. The molecule has 8 heteroatoms. The molecule has 1 heterocycles. The highest BCUT2D eigenvalue weighted by molar-refractivity contribution is 5.97. The topological polar surface area (TPSA) is 101 Å². The van der Waals surface area contributed by atoms with Gasteiger partial charge in [0, 0.05) is 32.5 Å². The first-order valence-corrected chi connectivity index (χ1v) is 9.10. The fraction of sp³-hybridized carbons (Fsp3) is 0.722. The predicted octanol–water partition coefficient (Wildman–Crippen LogP) is 1.18. The Balaban J connectivity index is 2.53. The summed E-state index contributed by atoms with van der Waals surface area (Å²) in [5, 5.41) is 12.2. The van der Waals surface area contributed by atoms with E-state index in [1.54, 1.807) is 11.8 Å². The zero-order valence-corrected chi connectivity index (χ0v) is 15.8. The molecule has 1 aliphatic heterocycles. The van der Waals surface area contributed by atoms with Crippen LogP contribution in [-0.2, 0) is 23.8 Å². The molecule has 0 aromatic carbocycles. The van der Waals surface area contributed by atoms with E-state index in [0.717, 1.165) is 0 Å². The minimum absolute atomic E-state index is 0.0198. The number of nitriles is 1. The van der Waals surface area contributed by atoms with E-state index in [9.17, 15) is 14.9 Å². The van der Waals surface area contributed by atoms with E-state index in [1.807, 2.05) is 19.9 Å². The molecule has 1 fully saturated rings. The Bertz CT molecular complexity index is 515. The average Bonchev–Trinajstić information content (AvgIpc) is 2.65. The Kier molecular flexibility index (Phi) is 10.4. The number of rotatable bonds is 10. The van der Waals surface area contributed by atoms with Gasteiger partial charge in [0.2, 0.25) is 0 Å². The lowest BCUT2D eigenvalue weighted by Gasteiger charge is -2.30. The zero-order chi connectivity index (χ0) is 19.4.